The van der Waals surface area contributed by atoms with Crippen LogP contribution in [0.4, 0.5) is 0 Å². The van der Waals surface area contributed by atoms with Crippen molar-refractivity contribution in [2.24, 2.45) is 11.3 Å². The quantitative estimate of drug-likeness (QED) is 0.768. The Labute approximate surface area is 136 Å². The van der Waals surface area contributed by atoms with Gasteiger partial charge < -0.3 is 10.4 Å². The molecule has 1 aromatic carbocycles. The molecule has 0 aliphatic heterocycles. The second-order valence-corrected chi connectivity index (χ2v) is 6.66. The monoisotopic (exact) mass is 325 g/mol. The van der Waals surface area contributed by atoms with Crippen LogP contribution in [0.2, 0.25) is 5.02 Å². The lowest BCUT2D eigenvalue weighted by atomic mass is 9.84. The van der Waals surface area contributed by atoms with Crippen molar-refractivity contribution in [2.75, 3.05) is 6.54 Å². The second-order valence-electron chi connectivity index (χ2n) is 6.22. The Morgan fingerprint density at radius 1 is 1.36 bits per heavy atom. The van der Waals surface area contributed by atoms with Crippen LogP contribution in [-0.2, 0) is 16.0 Å². The van der Waals surface area contributed by atoms with Crippen molar-refractivity contribution in [2.45, 2.75) is 40.0 Å². The number of benzene rings is 1. The first-order chi connectivity index (χ1) is 10.3. The molecular formula is C17H24ClNO3. The maximum absolute atomic E-state index is 12.3. The zero-order chi connectivity index (χ0) is 16.8. The zero-order valence-electron chi connectivity index (χ0n) is 13.4. The van der Waals surface area contributed by atoms with Crippen molar-refractivity contribution in [3.63, 3.8) is 0 Å². The lowest BCUT2D eigenvalue weighted by molar-refractivity contribution is -0.142. The predicted molar refractivity (Wildman–Crippen MR) is 88.0 cm³/mol. The maximum Gasteiger partial charge on any atom is 0.308 e. The second kappa shape index (κ2) is 8.18. The molecule has 0 aliphatic carbocycles. The van der Waals surface area contributed by atoms with E-state index in [1.165, 1.54) is 0 Å². The van der Waals surface area contributed by atoms with Gasteiger partial charge in [0.1, 0.15) is 0 Å². The van der Waals surface area contributed by atoms with Gasteiger partial charge in [-0.3, -0.25) is 9.59 Å². The predicted octanol–water partition coefficient (Wildman–Crippen LogP) is 3.53. The Morgan fingerprint density at radius 2 is 2.05 bits per heavy atom. The van der Waals surface area contributed by atoms with Gasteiger partial charge in [0.05, 0.1) is 5.92 Å². The summed E-state index contributed by atoms with van der Waals surface area (Å²) < 4.78 is 0. The Hall–Kier alpha value is -1.55. The molecule has 1 unspecified atom stereocenters. The summed E-state index contributed by atoms with van der Waals surface area (Å²) in [6.07, 6.45) is 1.88. The summed E-state index contributed by atoms with van der Waals surface area (Å²) in [4.78, 5) is 23.5. The number of hydrogen-bond donors (Lipinski definition) is 2. The molecule has 122 valence electrons. The van der Waals surface area contributed by atoms with E-state index in [0.717, 1.165) is 12.0 Å². The van der Waals surface area contributed by atoms with E-state index in [9.17, 15) is 9.59 Å². The number of carbonyl (C=O) groups excluding carboxylic acids is 1. The molecule has 0 spiro atoms. The van der Waals surface area contributed by atoms with Crippen LogP contribution in [-0.4, -0.2) is 23.5 Å². The third-order valence-corrected chi connectivity index (χ3v) is 3.88. The largest absolute Gasteiger partial charge is 0.481 e. The molecule has 0 saturated heterocycles. The molecule has 1 aromatic rings. The van der Waals surface area contributed by atoms with Crippen molar-refractivity contribution in [3.05, 3.63) is 34.9 Å². The van der Waals surface area contributed by atoms with Crippen LogP contribution in [0.1, 0.15) is 39.2 Å². The van der Waals surface area contributed by atoms with Crippen LogP contribution in [0.25, 0.3) is 0 Å². The highest BCUT2D eigenvalue weighted by Gasteiger charge is 2.29. The summed E-state index contributed by atoms with van der Waals surface area (Å²) in [7, 11) is 0. The fourth-order valence-corrected chi connectivity index (χ4v) is 2.57. The van der Waals surface area contributed by atoms with Crippen molar-refractivity contribution >= 4 is 23.5 Å². The van der Waals surface area contributed by atoms with Gasteiger partial charge in [0, 0.05) is 17.0 Å². The summed E-state index contributed by atoms with van der Waals surface area (Å²) in [5, 5.41) is 12.5. The van der Waals surface area contributed by atoms with Crippen LogP contribution < -0.4 is 5.32 Å². The van der Waals surface area contributed by atoms with E-state index in [1.807, 2.05) is 39.0 Å². The number of amides is 1. The topological polar surface area (TPSA) is 66.4 Å². The summed E-state index contributed by atoms with van der Waals surface area (Å²) in [5.74, 6) is -1.54. The third kappa shape index (κ3) is 5.68. The molecule has 0 fully saturated rings. The summed E-state index contributed by atoms with van der Waals surface area (Å²) in [6.45, 7) is 5.79. The molecule has 1 amide bonds. The number of nitrogens with one attached hydrogen (secondary N) is 1. The summed E-state index contributed by atoms with van der Waals surface area (Å²) in [5.41, 5.74) is 0.357. The first-order valence-electron chi connectivity index (χ1n) is 7.52. The van der Waals surface area contributed by atoms with E-state index in [4.69, 9.17) is 16.7 Å². The molecule has 4 nitrogen and oxygen atoms in total. The van der Waals surface area contributed by atoms with Gasteiger partial charge in [-0.05, 0) is 30.5 Å². The Balaban J connectivity index is 2.64. The van der Waals surface area contributed by atoms with E-state index in [2.05, 4.69) is 5.32 Å². The molecule has 0 heterocycles. The number of carboxylic acids is 1. The molecule has 1 rings (SSSR count). The van der Waals surface area contributed by atoms with Gasteiger partial charge in [-0.15, -0.1) is 0 Å². The Morgan fingerprint density at radius 3 is 2.59 bits per heavy atom. The maximum atomic E-state index is 12.3. The molecule has 5 heteroatoms. The van der Waals surface area contributed by atoms with Gasteiger partial charge in [0.15, 0.2) is 0 Å². The highest BCUT2D eigenvalue weighted by atomic mass is 35.5. The van der Waals surface area contributed by atoms with Crippen LogP contribution in [0.3, 0.4) is 0 Å². The standard InChI is InChI=1S/C17H24ClNO3/c1-4-6-13(15(20)21)11-19-16(22)17(2,3)10-12-7-5-8-14(18)9-12/h5,7-9,13H,4,6,10-11H2,1-3H3,(H,19,22)(H,20,21). The SMILES string of the molecule is CCCC(CNC(=O)C(C)(C)Cc1cccc(Cl)c1)C(=O)O. The molecule has 0 saturated carbocycles. The lowest BCUT2D eigenvalue weighted by Gasteiger charge is -2.25. The molecule has 1 atom stereocenters. The van der Waals surface area contributed by atoms with Crippen LogP contribution in [0, 0.1) is 11.3 Å². The first kappa shape index (κ1) is 18.5. The van der Waals surface area contributed by atoms with Gasteiger partial charge in [0.25, 0.3) is 0 Å². The van der Waals surface area contributed by atoms with E-state index < -0.39 is 17.3 Å². The average molecular weight is 326 g/mol. The van der Waals surface area contributed by atoms with E-state index >= 15 is 0 Å². The molecule has 0 aromatic heterocycles. The molecule has 0 bridgehead atoms. The van der Waals surface area contributed by atoms with Gasteiger partial charge >= 0.3 is 5.97 Å². The Bertz CT molecular complexity index is 528. The number of aliphatic carboxylic acids is 1. The van der Waals surface area contributed by atoms with Gasteiger partial charge in [0.2, 0.25) is 5.91 Å². The number of carboxylic acid groups (broad SMARTS) is 1. The highest BCUT2D eigenvalue weighted by molar-refractivity contribution is 6.30. The van der Waals surface area contributed by atoms with Crippen molar-refractivity contribution < 1.29 is 14.7 Å². The molecule has 22 heavy (non-hydrogen) atoms. The molecule has 0 aliphatic rings. The fourth-order valence-electron chi connectivity index (χ4n) is 2.35. The third-order valence-electron chi connectivity index (χ3n) is 3.65. The average Bonchev–Trinajstić information content (AvgIpc) is 2.42. The van der Waals surface area contributed by atoms with Crippen LogP contribution >= 0.6 is 11.6 Å². The van der Waals surface area contributed by atoms with Gasteiger partial charge in [-0.25, -0.2) is 0 Å². The number of rotatable bonds is 8. The summed E-state index contributed by atoms with van der Waals surface area (Å²) in [6, 6.07) is 7.42. The van der Waals surface area contributed by atoms with Gasteiger partial charge in [-0.2, -0.15) is 0 Å². The zero-order valence-corrected chi connectivity index (χ0v) is 14.1. The van der Waals surface area contributed by atoms with Crippen molar-refractivity contribution in [1.29, 1.82) is 0 Å². The minimum Gasteiger partial charge on any atom is -0.481 e. The van der Waals surface area contributed by atoms with E-state index in [-0.39, 0.29) is 12.5 Å². The van der Waals surface area contributed by atoms with Gasteiger partial charge in [-0.1, -0.05) is 50.9 Å². The van der Waals surface area contributed by atoms with Crippen molar-refractivity contribution in [3.8, 4) is 0 Å². The van der Waals surface area contributed by atoms with Crippen LogP contribution in [0.15, 0.2) is 24.3 Å². The number of halogens is 1. The highest BCUT2D eigenvalue weighted by Crippen LogP contribution is 2.24. The van der Waals surface area contributed by atoms with Crippen molar-refractivity contribution in [1.82, 2.24) is 5.32 Å². The van der Waals surface area contributed by atoms with E-state index in [0.29, 0.717) is 17.9 Å². The number of carbonyl (C=O) groups is 2. The Kier molecular flexibility index (Phi) is 6.88. The minimum absolute atomic E-state index is 0.144. The fraction of sp³-hybridized carbons (Fsp3) is 0.529. The molecule has 2 N–H and O–H groups in total. The molecule has 0 radical (unpaired) electrons. The summed E-state index contributed by atoms with van der Waals surface area (Å²) >= 11 is 5.96. The first-order valence-corrected chi connectivity index (χ1v) is 7.89. The number of hydrogen-bond acceptors (Lipinski definition) is 2. The lowest BCUT2D eigenvalue weighted by Crippen LogP contribution is -2.41. The minimum atomic E-state index is -0.866. The normalized spacial score (nSPS) is 12.7. The van der Waals surface area contributed by atoms with E-state index in [1.54, 1.807) is 6.07 Å². The smallest absolute Gasteiger partial charge is 0.308 e. The molecular weight excluding hydrogens is 302 g/mol. The van der Waals surface area contributed by atoms with Crippen LogP contribution in [0.5, 0.6) is 0 Å².